The summed E-state index contributed by atoms with van der Waals surface area (Å²) in [5.74, 6) is 0. The summed E-state index contributed by atoms with van der Waals surface area (Å²) in [6.45, 7) is 6.77. The van der Waals surface area contributed by atoms with Gasteiger partial charge in [-0.05, 0) is 139 Å². The molecule has 0 N–H and O–H groups in total. The van der Waals surface area contributed by atoms with E-state index in [1.807, 2.05) is 6.07 Å². The first kappa shape index (κ1) is 45.5. The van der Waals surface area contributed by atoms with Gasteiger partial charge in [0.2, 0.25) is 0 Å². The molecule has 6 heteroatoms. The van der Waals surface area contributed by atoms with Gasteiger partial charge in [0.05, 0.1) is 0 Å². The zero-order valence-electron chi connectivity index (χ0n) is 42.8. The molecule has 4 nitrogen and oxygen atoms in total. The van der Waals surface area contributed by atoms with Crippen LogP contribution in [0.3, 0.4) is 0 Å². The molecule has 0 radical (unpaired) electrons. The van der Waals surface area contributed by atoms with E-state index in [-0.39, 0.29) is 12.1 Å². The van der Waals surface area contributed by atoms with Crippen LogP contribution < -0.4 is 51.8 Å². The first-order valence-corrected chi connectivity index (χ1v) is 28.4. The van der Waals surface area contributed by atoms with E-state index in [1.165, 1.54) is 59.8 Å². The van der Waals surface area contributed by atoms with Crippen molar-refractivity contribution in [3.05, 3.63) is 279 Å². The topological polar surface area (TPSA) is 22.9 Å². The second kappa shape index (κ2) is 18.1. The number of fused-ring (bicyclic) bond motifs is 7. The first-order chi connectivity index (χ1) is 37.3. The number of hydrogen-bond acceptors (Lipinski definition) is 4. The highest BCUT2D eigenvalue weighted by Gasteiger charge is 2.48. The molecule has 1 aromatic heterocycles. The van der Waals surface area contributed by atoms with Crippen molar-refractivity contribution >= 4 is 125 Å². The Morgan fingerprint density at radius 3 is 1.42 bits per heavy atom. The third-order valence-corrected chi connectivity index (χ3v) is 20.7. The van der Waals surface area contributed by atoms with Crippen LogP contribution in [-0.4, -0.2) is 14.8 Å². The minimum atomic E-state index is -3.09. The van der Waals surface area contributed by atoms with Crippen LogP contribution in [0.15, 0.2) is 277 Å². The van der Waals surface area contributed by atoms with E-state index in [0.29, 0.717) is 0 Å². The summed E-state index contributed by atoms with van der Waals surface area (Å²) in [7, 11) is -3.09. The Morgan fingerprint density at radius 1 is 0.368 bits per heavy atom. The number of para-hydroxylation sites is 4. The van der Waals surface area contributed by atoms with Crippen LogP contribution in [0.4, 0.5) is 51.2 Å². The zero-order chi connectivity index (χ0) is 51.0. The summed E-state index contributed by atoms with van der Waals surface area (Å²) in [6.07, 6.45) is 0. The van der Waals surface area contributed by atoms with Crippen molar-refractivity contribution < 1.29 is 4.42 Å². The van der Waals surface area contributed by atoms with E-state index in [1.54, 1.807) is 0 Å². The van der Waals surface area contributed by atoms with Gasteiger partial charge in [-0.3, -0.25) is 0 Å². The lowest BCUT2D eigenvalue weighted by Crippen LogP contribution is -2.75. The highest BCUT2D eigenvalue weighted by molar-refractivity contribution is 7.20. The van der Waals surface area contributed by atoms with E-state index in [9.17, 15) is 0 Å². The maximum atomic E-state index is 6.42. The molecule has 0 saturated heterocycles. The van der Waals surface area contributed by atoms with Crippen LogP contribution >= 0.6 is 0 Å². The summed E-state index contributed by atoms with van der Waals surface area (Å²) >= 11 is 0. The van der Waals surface area contributed by atoms with Crippen LogP contribution in [0, 0.1) is 0 Å². The Bertz CT molecular complexity index is 4010. The van der Waals surface area contributed by atoms with Gasteiger partial charge in [-0.1, -0.05) is 203 Å². The molecule has 0 fully saturated rings. The van der Waals surface area contributed by atoms with Crippen molar-refractivity contribution in [1.29, 1.82) is 0 Å². The van der Waals surface area contributed by atoms with Crippen LogP contribution in [0.2, 0.25) is 0 Å². The molecule has 12 aromatic rings. The van der Waals surface area contributed by atoms with E-state index in [0.717, 1.165) is 56.1 Å². The fourth-order valence-corrected chi connectivity index (χ4v) is 17.3. The molecule has 0 spiro atoms. The molecule has 0 saturated carbocycles. The summed E-state index contributed by atoms with van der Waals surface area (Å²) in [5.41, 5.74) is 17.0. The van der Waals surface area contributed by atoms with Gasteiger partial charge in [0.25, 0.3) is 6.71 Å². The maximum Gasteiger partial charge on any atom is 0.252 e. The smallest absolute Gasteiger partial charge is 0.252 e. The highest BCUT2D eigenvalue weighted by Crippen LogP contribution is 2.47. The van der Waals surface area contributed by atoms with Crippen molar-refractivity contribution in [3.8, 4) is 0 Å². The van der Waals surface area contributed by atoms with Crippen LogP contribution in [0.1, 0.15) is 26.3 Å². The summed E-state index contributed by atoms with van der Waals surface area (Å²) in [5, 5.41) is 7.50. The van der Waals surface area contributed by atoms with E-state index in [4.69, 9.17) is 4.42 Å². The summed E-state index contributed by atoms with van der Waals surface area (Å²) in [6, 6.07) is 102. The van der Waals surface area contributed by atoms with Gasteiger partial charge >= 0.3 is 0 Å². The summed E-state index contributed by atoms with van der Waals surface area (Å²) in [4.78, 5) is 7.54. The molecule has 362 valence electrons. The summed E-state index contributed by atoms with van der Waals surface area (Å²) < 4.78 is 6.42. The average molecular weight is 992 g/mol. The lowest BCUT2D eigenvalue weighted by molar-refractivity contribution is 0.590. The van der Waals surface area contributed by atoms with Gasteiger partial charge in [-0.15, -0.1) is 0 Å². The van der Waals surface area contributed by atoms with E-state index < -0.39 is 8.07 Å². The Balaban J connectivity index is 1.09. The van der Waals surface area contributed by atoms with Gasteiger partial charge in [0.1, 0.15) is 11.2 Å². The van der Waals surface area contributed by atoms with Gasteiger partial charge in [0, 0.05) is 62.0 Å². The fourth-order valence-electron chi connectivity index (χ4n) is 12.5. The van der Waals surface area contributed by atoms with Crippen LogP contribution in [0.25, 0.3) is 21.9 Å². The van der Waals surface area contributed by atoms with Crippen molar-refractivity contribution in [2.24, 2.45) is 0 Å². The number of hydrogen-bond donors (Lipinski definition) is 0. The Morgan fingerprint density at radius 2 is 0.829 bits per heavy atom. The lowest BCUT2D eigenvalue weighted by atomic mass is 9.33. The SMILES string of the molecule is CC(C)(C)c1ccc(N(c2ccc3c(c2)N(c2ccccc2)c2cc([Si](c4ccccc4)(c4ccccc4)c4ccccc4)cc4c2B3c2ccccc2N4c2ccccc2)c2ccc3oc4ccccc4c3c2)cc1. The number of rotatable bonds is 9. The molecule has 0 unspecified atom stereocenters. The molecule has 14 rings (SSSR count). The van der Waals surface area contributed by atoms with Gasteiger partial charge in [-0.25, -0.2) is 0 Å². The van der Waals surface area contributed by atoms with Crippen molar-refractivity contribution in [2.75, 3.05) is 14.7 Å². The van der Waals surface area contributed by atoms with E-state index in [2.05, 4.69) is 302 Å². The molecule has 11 aromatic carbocycles. The van der Waals surface area contributed by atoms with Crippen molar-refractivity contribution in [1.82, 2.24) is 0 Å². The first-order valence-electron chi connectivity index (χ1n) is 26.4. The normalized spacial score (nSPS) is 12.9. The number of nitrogens with zero attached hydrogens (tertiary/aromatic N) is 3. The largest absolute Gasteiger partial charge is 0.456 e. The van der Waals surface area contributed by atoms with Crippen molar-refractivity contribution in [3.63, 3.8) is 0 Å². The van der Waals surface area contributed by atoms with Gasteiger partial charge in [0.15, 0.2) is 8.07 Å². The van der Waals surface area contributed by atoms with Crippen LogP contribution in [-0.2, 0) is 5.41 Å². The lowest BCUT2D eigenvalue weighted by Gasteiger charge is -2.46. The molecule has 0 amide bonds. The Hall–Kier alpha value is -9.10. The highest BCUT2D eigenvalue weighted by atomic mass is 28.3. The molecule has 76 heavy (non-hydrogen) atoms. The second-order valence-corrected chi connectivity index (χ2v) is 25.1. The third kappa shape index (κ3) is 7.27. The van der Waals surface area contributed by atoms with Crippen LogP contribution in [0.5, 0.6) is 0 Å². The zero-order valence-corrected chi connectivity index (χ0v) is 43.8. The minimum Gasteiger partial charge on any atom is -0.456 e. The molecular weight excluding hydrogens is 938 g/mol. The predicted molar refractivity (Wildman–Crippen MR) is 325 cm³/mol. The van der Waals surface area contributed by atoms with Crippen molar-refractivity contribution in [2.45, 2.75) is 26.2 Å². The molecule has 2 aliphatic rings. The second-order valence-electron chi connectivity index (χ2n) is 21.3. The minimum absolute atomic E-state index is 0.000558. The molecular formula is C70H54BN3OSi. The van der Waals surface area contributed by atoms with Gasteiger partial charge < -0.3 is 19.1 Å². The molecule has 2 aliphatic heterocycles. The number of furan rings is 1. The third-order valence-electron chi connectivity index (χ3n) is 15.9. The average Bonchev–Trinajstić information content (AvgIpc) is 3.85. The Labute approximate surface area is 446 Å². The number of benzene rings is 11. The Kier molecular flexibility index (Phi) is 10.8. The quantitative estimate of drug-likeness (QED) is 0.106. The standard InChI is InChI=1S/C70H54BN3OSi/c1-70(2,3)49-37-39-52(40-38-49)72(53-42-44-68-60(45-53)59-33-19-22-36-67(59)75-68)54-41-43-62-64(46-54)74(51-25-11-5-12-26-51)66-48-58(47-65-69(66)71(62)61-34-20-21-35-63(61)73(65)50-23-9-4-10-24-50)76(55-27-13-6-14-28-55,56-29-15-7-16-30-56)57-31-17-8-18-32-57/h4-48H,1-3H3. The molecule has 0 aliphatic carbocycles. The van der Waals surface area contributed by atoms with E-state index >= 15 is 0 Å². The fraction of sp³-hybridized carbons (Fsp3) is 0.0571. The molecule has 0 bridgehead atoms. The maximum absolute atomic E-state index is 6.42. The monoisotopic (exact) mass is 991 g/mol. The molecule has 0 atom stereocenters. The van der Waals surface area contributed by atoms with Gasteiger partial charge in [-0.2, -0.15) is 0 Å². The number of anilines is 9. The molecule has 3 heterocycles. The predicted octanol–water partition coefficient (Wildman–Crippen LogP) is 13.8.